The molecule has 1 saturated carbocycles. The van der Waals surface area contributed by atoms with Crippen LogP contribution in [0.4, 0.5) is 0 Å². The molecule has 16 heavy (non-hydrogen) atoms. The molecule has 3 heteroatoms. The highest BCUT2D eigenvalue weighted by atomic mass is 16.3. The van der Waals surface area contributed by atoms with Crippen LogP contribution < -0.4 is 5.32 Å². The number of aliphatic hydroxyl groups excluding tert-OH is 1. The van der Waals surface area contributed by atoms with Crippen LogP contribution in [0.5, 0.6) is 0 Å². The third-order valence-corrected chi connectivity index (χ3v) is 3.88. The van der Waals surface area contributed by atoms with Gasteiger partial charge in [-0.2, -0.15) is 0 Å². The molecule has 0 aromatic carbocycles. The van der Waals surface area contributed by atoms with Crippen molar-refractivity contribution in [3.63, 3.8) is 0 Å². The molecule has 0 heterocycles. The fourth-order valence-electron chi connectivity index (χ4n) is 2.75. The Morgan fingerprint density at radius 2 is 1.88 bits per heavy atom. The van der Waals surface area contributed by atoms with E-state index in [9.17, 15) is 9.90 Å². The van der Waals surface area contributed by atoms with Crippen LogP contribution in [-0.2, 0) is 4.79 Å². The third-order valence-electron chi connectivity index (χ3n) is 3.88. The van der Waals surface area contributed by atoms with Gasteiger partial charge in [-0.3, -0.25) is 4.79 Å². The van der Waals surface area contributed by atoms with Crippen LogP contribution in [0.3, 0.4) is 0 Å². The molecule has 0 unspecified atom stereocenters. The minimum absolute atomic E-state index is 0.0822. The van der Waals surface area contributed by atoms with Gasteiger partial charge in [-0.15, -0.1) is 0 Å². The second-order valence-electron chi connectivity index (χ2n) is 5.13. The highest BCUT2D eigenvalue weighted by Gasteiger charge is 2.34. The Bertz CT molecular complexity index is 272. The van der Waals surface area contributed by atoms with E-state index in [1.54, 1.807) is 0 Å². The van der Waals surface area contributed by atoms with Crippen LogP contribution in [0.2, 0.25) is 0 Å². The summed E-state index contributed by atoms with van der Waals surface area (Å²) in [7, 11) is 0. The van der Waals surface area contributed by atoms with Crippen LogP contribution in [0.15, 0.2) is 12.2 Å². The highest BCUT2D eigenvalue weighted by molar-refractivity contribution is 5.80. The minimum Gasteiger partial charge on any atom is -0.394 e. The molecule has 2 rings (SSSR count). The Hall–Kier alpha value is -0.830. The van der Waals surface area contributed by atoms with E-state index in [1.807, 2.05) is 0 Å². The third kappa shape index (κ3) is 2.46. The average Bonchev–Trinajstić information content (AvgIpc) is 2.84. The molecule has 1 amide bonds. The Morgan fingerprint density at radius 3 is 2.44 bits per heavy atom. The molecule has 2 aliphatic rings. The van der Waals surface area contributed by atoms with Gasteiger partial charge in [0.05, 0.1) is 12.1 Å². The first kappa shape index (κ1) is 11.6. The summed E-state index contributed by atoms with van der Waals surface area (Å²) < 4.78 is 0. The highest BCUT2D eigenvalue weighted by Crippen LogP contribution is 2.29. The van der Waals surface area contributed by atoms with Gasteiger partial charge >= 0.3 is 0 Å². The molecule has 0 aromatic heterocycles. The molecule has 3 nitrogen and oxygen atoms in total. The molecule has 0 spiro atoms. The van der Waals surface area contributed by atoms with Crippen molar-refractivity contribution in [2.75, 3.05) is 6.61 Å². The predicted molar refractivity (Wildman–Crippen MR) is 62.9 cm³/mol. The molecule has 0 aliphatic heterocycles. The van der Waals surface area contributed by atoms with E-state index in [2.05, 4.69) is 17.5 Å². The molecule has 0 bridgehead atoms. The largest absolute Gasteiger partial charge is 0.394 e. The van der Waals surface area contributed by atoms with E-state index in [-0.39, 0.29) is 24.0 Å². The van der Waals surface area contributed by atoms with E-state index in [0.29, 0.717) is 0 Å². The second kappa shape index (κ2) is 5.00. The minimum atomic E-state index is -0.322. The summed E-state index contributed by atoms with van der Waals surface area (Å²) in [5.41, 5.74) is -0.322. The monoisotopic (exact) mass is 223 g/mol. The quantitative estimate of drug-likeness (QED) is 0.716. The van der Waals surface area contributed by atoms with Crippen molar-refractivity contribution in [3.8, 4) is 0 Å². The normalized spacial score (nSPS) is 24.6. The zero-order valence-electron chi connectivity index (χ0n) is 9.74. The summed E-state index contributed by atoms with van der Waals surface area (Å²) in [6.45, 7) is 0.0822. The van der Waals surface area contributed by atoms with Crippen LogP contribution in [0.25, 0.3) is 0 Å². The van der Waals surface area contributed by atoms with Gasteiger partial charge in [-0.1, -0.05) is 31.4 Å². The predicted octanol–water partition coefficient (Wildman–Crippen LogP) is 1.76. The van der Waals surface area contributed by atoms with E-state index < -0.39 is 0 Å². The van der Waals surface area contributed by atoms with Gasteiger partial charge in [0.1, 0.15) is 0 Å². The van der Waals surface area contributed by atoms with Crippen LogP contribution in [-0.4, -0.2) is 23.2 Å². The van der Waals surface area contributed by atoms with Gasteiger partial charge in [0, 0.05) is 5.92 Å². The lowest BCUT2D eigenvalue weighted by Crippen LogP contribution is -2.53. The first-order valence-corrected chi connectivity index (χ1v) is 6.34. The lowest BCUT2D eigenvalue weighted by molar-refractivity contribution is -0.127. The van der Waals surface area contributed by atoms with Gasteiger partial charge in [-0.05, 0) is 25.7 Å². The molecule has 2 aliphatic carbocycles. The molecule has 2 N–H and O–H groups in total. The summed E-state index contributed by atoms with van der Waals surface area (Å²) in [4.78, 5) is 12.0. The molecule has 0 aromatic rings. The van der Waals surface area contributed by atoms with E-state index in [4.69, 9.17) is 0 Å². The molecule has 90 valence electrons. The standard InChI is InChI=1S/C13H21NO2/c15-10-13(8-4-1-5-9-13)14-12(16)11-6-2-3-7-11/h2-3,11,15H,1,4-10H2,(H,14,16). The van der Waals surface area contributed by atoms with Crippen molar-refractivity contribution in [2.45, 2.75) is 50.5 Å². The second-order valence-corrected chi connectivity index (χ2v) is 5.13. The zero-order valence-corrected chi connectivity index (χ0v) is 9.74. The van der Waals surface area contributed by atoms with Gasteiger partial charge in [0.15, 0.2) is 0 Å². The van der Waals surface area contributed by atoms with E-state index in [1.165, 1.54) is 6.42 Å². The van der Waals surface area contributed by atoms with Crippen molar-refractivity contribution < 1.29 is 9.90 Å². The number of nitrogens with one attached hydrogen (secondary N) is 1. The molecular formula is C13H21NO2. The van der Waals surface area contributed by atoms with E-state index in [0.717, 1.165) is 38.5 Å². The van der Waals surface area contributed by atoms with Gasteiger partial charge in [0.25, 0.3) is 0 Å². The summed E-state index contributed by atoms with van der Waals surface area (Å²) in [5.74, 6) is 0.228. The summed E-state index contributed by atoms with van der Waals surface area (Å²) in [6.07, 6.45) is 11.1. The Labute approximate surface area is 96.9 Å². The number of hydrogen-bond acceptors (Lipinski definition) is 2. The maximum atomic E-state index is 12.0. The average molecular weight is 223 g/mol. The number of carbonyl (C=O) groups is 1. The van der Waals surface area contributed by atoms with Gasteiger partial charge in [-0.25, -0.2) is 0 Å². The Morgan fingerprint density at radius 1 is 1.25 bits per heavy atom. The lowest BCUT2D eigenvalue weighted by Gasteiger charge is -2.37. The maximum absolute atomic E-state index is 12.0. The van der Waals surface area contributed by atoms with Crippen molar-refractivity contribution >= 4 is 5.91 Å². The maximum Gasteiger partial charge on any atom is 0.224 e. The Balaban J connectivity index is 1.92. The number of rotatable bonds is 3. The first-order chi connectivity index (χ1) is 7.76. The number of hydrogen-bond donors (Lipinski definition) is 2. The zero-order chi connectivity index (χ0) is 11.4. The molecule has 0 radical (unpaired) electrons. The number of amides is 1. The van der Waals surface area contributed by atoms with Crippen molar-refractivity contribution in [1.82, 2.24) is 5.32 Å². The van der Waals surface area contributed by atoms with Crippen LogP contribution in [0, 0.1) is 5.92 Å². The summed E-state index contributed by atoms with van der Waals surface area (Å²) >= 11 is 0. The van der Waals surface area contributed by atoms with Crippen LogP contribution in [0.1, 0.15) is 44.9 Å². The molecular weight excluding hydrogens is 202 g/mol. The van der Waals surface area contributed by atoms with Crippen LogP contribution >= 0.6 is 0 Å². The molecule has 0 saturated heterocycles. The SMILES string of the molecule is O=C(NC1(CO)CCCCC1)C1CC=CC1. The smallest absolute Gasteiger partial charge is 0.224 e. The van der Waals surface area contributed by atoms with Crippen molar-refractivity contribution in [2.24, 2.45) is 5.92 Å². The number of aliphatic hydroxyl groups is 1. The van der Waals surface area contributed by atoms with Crippen molar-refractivity contribution in [3.05, 3.63) is 12.2 Å². The van der Waals surface area contributed by atoms with E-state index >= 15 is 0 Å². The summed E-state index contributed by atoms with van der Waals surface area (Å²) in [5, 5.41) is 12.6. The lowest BCUT2D eigenvalue weighted by atomic mass is 9.82. The first-order valence-electron chi connectivity index (χ1n) is 6.34. The number of carbonyl (C=O) groups excluding carboxylic acids is 1. The van der Waals surface area contributed by atoms with Gasteiger partial charge < -0.3 is 10.4 Å². The Kier molecular flexibility index (Phi) is 3.64. The topological polar surface area (TPSA) is 49.3 Å². The molecule has 0 atom stereocenters. The summed E-state index contributed by atoms with van der Waals surface area (Å²) in [6, 6.07) is 0. The van der Waals surface area contributed by atoms with Crippen molar-refractivity contribution in [1.29, 1.82) is 0 Å². The fraction of sp³-hybridized carbons (Fsp3) is 0.769. The number of allylic oxidation sites excluding steroid dienone is 2. The fourth-order valence-corrected chi connectivity index (χ4v) is 2.75. The van der Waals surface area contributed by atoms with Gasteiger partial charge in [0.2, 0.25) is 5.91 Å². The molecule has 1 fully saturated rings.